The first-order valence-electron chi connectivity index (χ1n) is 11.3. The minimum absolute atomic E-state index is 0.0129. The van der Waals surface area contributed by atoms with E-state index in [0.717, 1.165) is 0 Å². The number of carboxylic acid groups (broad SMARTS) is 1. The Hall–Kier alpha value is -3.50. The summed E-state index contributed by atoms with van der Waals surface area (Å²) in [6, 6.07) is 6.50. The number of nitrogens with one attached hydrogen (secondary N) is 1. The Labute approximate surface area is 201 Å². The lowest BCUT2D eigenvalue weighted by Crippen LogP contribution is -2.49. The van der Waals surface area contributed by atoms with E-state index in [-0.39, 0.29) is 22.3 Å². The number of carboxylic acids is 1. The topological polar surface area (TPSA) is 84.2 Å². The molecule has 2 heterocycles. The monoisotopic (exact) mass is 507 g/mol. The van der Waals surface area contributed by atoms with Crippen molar-refractivity contribution < 1.29 is 31.9 Å². The summed E-state index contributed by atoms with van der Waals surface area (Å²) in [6.07, 6.45) is -7.06. The maximum absolute atomic E-state index is 13.9. The number of aromatic nitrogens is 2. The van der Waals surface area contributed by atoms with Crippen molar-refractivity contribution in [2.24, 2.45) is 0 Å². The Morgan fingerprint density at radius 2 is 1.89 bits per heavy atom. The summed E-state index contributed by atoms with van der Waals surface area (Å²) in [5.41, 5.74) is -0.997. The van der Waals surface area contributed by atoms with E-state index in [2.05, 4.69) is 10.3 Å². The van der Waals surface area contributed by atoms with Crippen molar-refractivity contribution in [2.45, 2.75) is 62.7 Å². The second-order valence-corrected chi connectivity index (χ2v) is 9.83. The Kier molecular flexibility index (Phi) is 5.21. The van der Waals surface area contributed by atoms with Gasteiger partial charge in [-0.15, -0.1) is 0 Å². The molecule has 0 saturated heterocycles. The fraction of sp³-hybridized carbons (Fsp3) is 0.400. The summed E-state index contributed by atoms with van der Waals surface area (Å²) in [6.45, 7) is 3.37. The fourth-order valence-corrected chi connectivity index (χ4v) is 5.64. The van der Waals surface area contributed by atoms with Gasteiger partial charge in [0.25, 0.3) is 5.56 Å². The summed E-state index contributed by atoms with van der Waals surface area (Å²) in [5, 5.41) is 12.5. The number of aromatic carboxylic acids is 1. The maximum atomic E-state index is 13.9. The van der Waals surface area contributed by atoms with Crippen molar-refractivity contribution >= 4 is 22.6 Å². The number of carbonyl (C=O) groups is 1. The second-order valence-electron chi connectivity index (χ2n) is 9.83. The van der Waals surface area contributed by atoms with Gasteiger partial charge in [-0.25, -0.2) is 18.6 Å². The van der Waals surface area contributed by atoms with Crippen molar-refractivity contribution in [3.63, 3.8) is 0 Å². The quantitative estimate of drug-likeness (QED) is 0.440. The molecule has 0 amide bonds. The van der Waals surface area contributed by atoms with Crippen molar-refractivity contribution in [1.29, 1.82) is 0 Å². The molecule has 36 heavy (non-hydrogen) atoms. The third-order valence-corrected chi connectivity index (χ3v) is 7.12. The summed E-state index contributed by atoms with van der Waals surface area (Å²) in [7, 11) is 0. The van der Waals surface area contributed by atoms with E-state index < -0.39 is 60.4 Å². The number of nitrogens with zero attached hydrogens (tertiary/aromatic N) is 2. The molecule has 2 aliphatic rings. The Morgan fingerprint density at radius 1 is 1.22 bits per heavy atom. The zero-order valence-corrected chi connectivity index (χ0v) is 19.3. The summed E-state index contributed by atoms with van der Waals surface area (Å²) in [4.78, 5) is 29.5. The van der Waals surface area contributed by atoms with Crippen molar-refractivity contribution in [3.8, 4) is 0 Å². The maximum Gasteiger partial charge on any atom is 0.409 e. The number of benzene rings is 2. The molecule has 0 bridgehead atoms. The van der Waals surface area contributed by atoms with Gasteiger partial charge in [0.05, 0.1) is 22.5 Å². The number of alkyl halides is 5. The summed E-state index contributed by atoms with van der Waals surface area (Å²) >= 11 is 0. The van der Waals surface area contributed by atoms with E-state index in [1.165, 1.54) is 12.1 Å². The number of fused-ring (bicyclic) bond motifs is 3. The van der Waals surface area contributed by atoms with Crippen LogP contribution in [0.5, 0.6) is 0 Å². The number of aryl methyl sites for hydroxylation is 1. The lowest BCUT2D eigenvalue weighted by Gasteiger charge is -2.44. The van der Waals surface area contributed by atoms with Gasteiger partial charge in [0.1, 0.15) is 11.9 Å². The van der Waals surface area contributed by atoms with Crippen LogP contribution in [-0.4, -0.2) is 32.7 Å². The van der Waals surface area contributed by atoms with Gasteiger partial charge < -0.3 is 10.4 Å². The average molecular weight is 507 g/mol. The molecular formula is C25H22F5N3O3. The molecule has 1 aromatic heterocycles. The number of para-hydroxylation sites is 1. The molecule has 6 nitrogen and oxygen atoms in total. The Balaban J connectivity index is 1.69. The van der Waals surface area contributed by atoms with E-state index in [0.29, 0.717) is 21.4 Å². The highest BCUT2D eigenvalue weighted by Gasteiger charge is 2.66. The molecule has 1 spiro atoms. The zero-order valence-electron chi connectivity index (χ0n) is 19.3. The van der Waals surface area contributed by atoms with E-state index in [4.69, 9.17) is 0 Å². The largest absolute Gasteiger partial charge is 0.478 e. The van der Waals surface area contributed by atoms with Crippen LogP contribution < -0.4 is 10.9 Å². The van der Waals surface area contributed by atoms with Gasteiger partial charge in [-0.2, -0.15) is 13.2 Å². The highest BCUT2D eigenvalue weighted by molar-refractivity contribution is 5.94. The van der Waals surface area contributed by atoms with Gasteiger partial charge in [0.2, 0.25) is 5.92 Å². The van der Waals surface area contributed by atoms with Crippen LogP contribution in [0.15, 0.2) is 41.2 Å². The van der Waals surface area contributed by atoms with Crippen LogP contribution >= 0.6 is 0 Å². The Morgan fingerprint density at radius 3 is 2.50 bits per heavy atom. The molecule has 11 heteroatoms. The van der Waals surface area contributed by atoms with Gasteiger partial charge >= 0.3 is 12.1 Å². The smallest absolute Gasteiger partial charge is 0.409 e. The Bertz CT molecular complexity index is 1460. The number of anilines is 1. The zero-order chi connectivity index (χ0) is 26.2. The van der Waals surface area contributed by atoms with Gasteiger partial charge in [0, 0.05) is 29.5 Å². The molecule has 3 aromatic rings. The van der Waals surface area contributed by atoms with Crippen LogP contribution in [0, 0.1) is 6.92 Å². The van der Waals surface area contributed by atoms with Crippen LogP contribution in [0.2, 0.25) is 0 Å². The van der Waals surface area contributed by atoms with E-state index >= 15 is 0 Å². The molecule has 1 aliphatic carbocycles. The number of hydrogen-bond acceptors (Lipinski definition) is 4. The fourth-order valence-electron chi connectivity index (χ4n) is 5.64. The molecule has 2 aromatic carbocycles. The molecule has 5 rings (SSSR count). The van der Waals surface area contributed by atoms with E-state index in [1.807, 2.05) is 0 Å². The molecule has 190 valence electrons. The number of rotatable bonds is 4. The molecule has 0 unspecified atom stereocenters. The molecule has 1 saturated carbocycles. The van der Waals surface area contributed by atoms with Gasteiger partial charge in [-0.1, -0.05) is 18.2 Å². The SMILES string of the molecule is Cc1cc([C@@H](C)Nc2ccccc2C(=O)O)c2nc3n(c(=O)c2c1)[C@H](C(F)(F)F)CC31CC(F)(F)C1. The average Bonchev–Trinajstić information content (AvgIpc) is 3.08. The molecule has 1 aliphatic heterocycles. The minimum atomic E-state index is -4.80. The predicted molar refractivity (Wildman–Crippen MR) is 122 cm³/mol. The lowest BCUT2D eigenvalue weighted by atomic mass is 9.64. The van der Waals surface area contributed by atoms with Crippen molar-refractivity contribution in [2.75, 3.05) is 5.32 Å². The summed E-state index contributed by atoms with van der Waals surface area (Å²) < 4.78 is 70.1. The van der Waals surface area contributed by atoms with E-state index in [9.17, 15) is 36.6 Å². The lowest BCUT2D eigenvalue weighted by molar-refractivity contribution is -0.178. The first-order chi connectivity index (χ1) is 16.7. The van der Waals surface area contributed by atoms with Crippen molar-refractivity contribution in [3.05, 3.63) is 69.3 Å². The second kappa shape index (κ2) is 7.75. The van der Waals surface area contributed by atoms with Crippen LogP contribution in [0.25, 0.3) is 10.9 Å². The minimum Gasteiger partial charge on any atom is -0.478 e. The van der Waals surface area contributed by atoms with Crippen LogP contribution in [0.1, 0.15) is 65.6 Å². The van der Waals surface area contributed by atoms with Crippen molar-refractivity contribution in [1.82, 2.24) is 9.55 Å². The molecule has 0 radical (unpaired) electrons. The van der Waals surface area contributed by atoms with Gasteiger partial charge in [-0.3, -0.25) is 9.36 Å². The highest BCUT2D eigenvalue weighted by atomic mass is 19.4. The molecule has 1 fully saturated rings. The van der Waals surface area contributed by atoms with E-state index in [1.54, 1.807) is 38.1 Å². The number of hydrogen-bond donors (Lipinski definition) is 2. The number of halogens is 5. The third-order valence-electron chi connectivity index (χ3n) is 7.12. The summed E-state index contributed by atoms with van der Waals surface area (Å²) in [5.74, 6) is -4.54. The van der Waals surface area contributed by atoms with Gasteiger partial charge in [-0.05, 0) is 44.0 Å². The predicted octanol–water partition coefficient (Wildman–Crippen LogP) is 5.75. The van der Waals surface area contributed by atoms with Crippen LogP contribution in [-0.2, 0) is 5.41 Å². The highest BCUT2D eigenvalue weighted by Crippen LogP contribution is 2.61. The standard InChI is InChI=1S/C25H22F5N3O3/c1-12-7-15(13(2)31-17-6-4-3-5-14(17)21(35)36)19-16(8-12)20(34)33-18(25(28,29)30)9-23(22(33)32-19)10-24(26,27)11-23/h3-8,13,18,31H,9-11H2,1-2H3,(H,35,36)/t13-,18+/m1/s1. The molecule has 2 atom stereocenters. The first kappa shape index (κ1) is 24.2. The van der Waals surface area contributed by atoms with Crippen LogP contribution in [0.4, 0.5) is 27.6 Å². The third kappa shape index (κ3) is 3.72. The molecule has 2 N–H and O–H groups in total. The molecular weight excluding hydrogens is 485 g/mol. The van der Waals surface area contributed by atoms with Gasteiger partial charge in [0.15, 0.2) is 0 Å². The normalized spacial score (nSPS) is 20.7. The van der Waals surface area contributed by atoms with Crippen LogP contribution in [0.3, 0.4) is 0 Å². The first-order valence-corrected chi connectivity index (χ1v) is 11.3.